The Morgan fingerprint density at radius 2 is 1.83 bits per heavy atom. The van der Waals surface area contributed by atoms with Crippen LogP contribution in [0, 0.1) is 0 Å². The summed E-state index contributed by atoms with van der Waals surface area (Å²) in [6.07, 6.45) is 0. The van der Waals surface area contributed by atoms with Crippen LogP contribution in [0.25, 0.3) is 9.53 Å². The van der Waals surface area contributed by atoms with Crippen LogP contribution in [0.4, 0.5) is 16.0 Å². The van der Waals surface area contributed by atoms with E-state index in [1.165, 1.54) is 45.8 Å². The van der Waals surface area contributed by atoms with Gasteiger partial charge in [-0.25, -0.2) is 14.8 Å². The third kappa shape index (κ3) is 4.20. The van der Waals surface area contributed by atoms with Gasteiger partial charge in [-0.1, -0.05) is 29.5 Å². The van der Waals surface area contributed by atoms with E-state index in [1.54, 1.807) is 5.38 Å². The van der Waals surface area contributed by atoms with Crippen molar-refractivity contribution in [1.82, 2.24) is 9.97 Å². The Kier molecular flexibility index (Phi) is 5.80. The third-order valence-corrected chi connectivity index (χ3v) is 7.26. The van der Waals surface area contributed by atoms with Crippen molar-refractivity contribution in [3.63, 3.8) is 0 Å². The minimum atomic E-state index is -0.405. The average Bonchev–Trinajstić information content (AvgIpc) is 3.42. The zero-order chi connectivity index (χ0) is 21.3. The first-order chi connectivity index (χ1) is 14.4. The van der Waals surface area contributed by atoms with Gasteiger partial charge in [0.25, 0.3) is 0 Å². The molecule has 4 aromatic rings. The first kappa shape index (κ1) is 20.5. The van der Waals surface area contributed by atoms with Gasteiger partial charge in [0, 0.05) is 26.4 Å². The van der Waals surface area contributed by atoms with Crippen LogP contribution in [0.5, 0.6) is 0 Å². The Bertz CT molecular complexity index is 1170. The minimum Gasteiger partial charge on any atom is -0.455 e. The second kappa shape index (κ2) is 8.50. The second-order valence-electron chi connectivity index (χ2n) is 6.56. The molecule has 0 aliphatic heterocycles. The van der Waals surface area contributed by atoms with Crippen molar-refractivity contribution in [2.45, 2.75) is 13.5 Å². The number of esters is 1. The molecule has 0 aliphatic rings. The highest BCUT2D eigenvalue weighted by Gasteiger charge is 2.19. The van der Waals surface area contributed by atoms with Crippen LogP contribution in [0.1, 0.15) is 22.3 Å². The van der Waals surface area contributed by atoms with Gasteiger partial charge in [0.15, 0.2) is 10.3 Å². The molecule has 0 spiro atoms. The van der Waals surface area contributed by atoms with Crippen LogP contribution in [-0.4, -0.2) is 35.9 Å². The lowest BCUT2D eigenvalue weighted by atomic mass is 10.3. The number of hydrogen-bond donors (Lipinski definition) is 0. The smallest absolute Gasteiger partial charge is 0.348 e. The number of carbonyl (C=O) groups excluding carboxylic acids is 2. The SMILES string of the molecule is CC(=O)N(c1ccccc1)c1nc(COC(=O)c2cc3sc(N(C)C)nc3s2)cs1. The Balaban J connectivity index is 1.44. The lowest BCUT2D eigenvalue weighted by molar-refractivity contribution is -0.115. The van der Waals surface area contributed by atoms with Crippen molar-refractivity contribution < 1.29 is 14.3 Å². The van der Waals surface area contributed by atoms with Gasteiger partial charge in [0.05, 0.1) is 16.1 Å². The fraction of sp³-hybridized carbons (Fsp3) is 0.200. The zero-order valence-electron chi connectivity index (χ0n) is 16.5. The maximum Gasteiger partial charge on any atom is 0.348 e. The van der Waals surface area contributed by atoms with Crippen LogP contribution in [-0.2, 0) is 16.1 Å². The lowest BCUT2D eigenvalue weighted by Gasteiger charge is -2.17. The highest BCUT2D eigenvalue weighted by Crippen LogP contribution is 2.34. The van der Waals surface area contributed by atoms with Gasteiger partial charge in [-0.3, -0.25) is 9.69 Å². The van der Waals surface area contributed by atoms with E-state index in [1.807, 2.05) is 55.4 Å². The van der Waals surface area contributed by atoms with Crippen molar-refractivity contribution in [3.05, 3.63) is 52.3 Å². The topological polar surface area (TPSA) is 75.6 Å². The minimum absolute atomic E-state index is 0.0395. The molecule has 3 heterocycles. The van der Waals surface area contributed by atoms with Crippen molar-refractivity contribution in [2.24, 2.45) is 0 Å². The van der Waals surface area contributed by atoms with Gasteiger partial charge in [-0.2, -0.15) is 0 Å². The number of benzene rings is 1. The molecule has 0 atom stereocenters. The number of thiophene rings is 1. The van der Waals surface area contributed by atoms with E-state index < -0.39 is 5.97 Å². The predicted molar refractivity (Wildman–Crippen MR) is 122 cm³/mol. The summed E-state index contributed by atoms with van der Waals surface area (Å²) in [5.74, 6) is -0.542. The molecule has 10 heteroatoms. The first-order valence-corrected chi connectivity index (χ1v) is 11.5. The molecule has 0 N–H and O–H groups in total. The summed E-state index contributed by atoms with van der Waals surface area (Å²) in [6.45, 7) is 1.53. The number of rotatable bonds is 6. The number of fused-ring (bicyclic) bond motifs is 1. The van der Waals surface area contributed by atoms with Crippen LogP contribution >= 0.6 is 34.0 Å². The number of ether oxygens (including phenoxy) is 1. The summed E-state index contributed by atoms with van der Waals surface area (Å²) in [4.78, 5) is 38.4. The van der Waals surface area contributed by atoms with Gasteiger partial charge in [-0.05, 0) is 18.2 Å². The molecule has 0 bridgehead atoms. The molecule has 154 valence electrons. The van der Waals surface area contributed by atoms with Crippen molar-refractivity contribution in [2.75, 3.05) is 23.9 Å². The average molecular weight is 459 g/mol. The first-order valence-electron chi connectivity index (χ1n) is 8.97. The van der Waals surface area contributed by atoms with E-state index in [0.29, 0.717) is 15.7 Å². The van der Waals surface area contributed by atoms with E-state index in [0.717, 1.165) is 20.3 Å². The fourth-order valence-electron chi connectivity index (χ4n) is 2.70. The number of aromatic nitrogens is 2. The summed E-state index contributed by atoms with van der Waals surface area (Å²) >= 11 is 4.18. The summed E-state index contributed by atoms with van der Waals surface area (Å²) in [7, 11) is 3.87. The number of amides is 1. The highest BCUT2D eigenvalue weighted by atomic mass is 32.1. The van der Waals surface area contributed by atoms with E-state index >= 15 is 0 Å². The largest absolute Gasteiger partial charge is 0.455 e. The Hall–Kier alpha value is -2.82. The van der Waals surface area contributed by atoms with Crippen molar-refractivity contribution in [3.8, 4) is 0 Å². The fourth-order valence-corrected chi connectivity index (χ4v) is 5.59. The Morgan fingerprint density at radius 1 is 1.07 bits per heavy atom. The van der Waals surface area contributed by atoms with Crippen LogP contribution in [0.15, 0.2) is 41.8 Å². The number of anilines is 3. The molecule has 1 amide bonds. The van der Waals surface area contributed by atoms with E-state index in [9.17, 15) is 9.59 Å². The molecule has 4 rings (SSSR count). The Labute approximate surface area is 185 Å². The van der Waals surface area contributed by atoms with Gasteiger partial charge in [0.2, 0.25) is 5.91 Å². The van der Waals surface area contributed by atoms with Crippen LogP contribution < -0.4 is 9.80 Å². The molecule has 0 saturated carbocycles. The van der Waals surface area contributed by atoms with Crippen molar-refractivity contribution in [1.29, 1.82) is 0 Å². The monoisotopic (exact) mass is 458 g/mol. The molecule has 0 radical (unpaired) electrons. The summed E-state index contributed by atoms with van der Waals surface area (Å²) in [5.41, 5.74) is 1.34. The highest BCUT2D eigenvalue weighted by molar-refractivity contribution is 7.29. The number of carbonyl (C=O) groups is 2. The van der Waals surface area contributed by atoms with Gasteiger partial charge >= 0.3 is 5.97 Å². The molecule has 30 heavy (non-hydrogen) atoms. The molecule has 1 aromatic carbocycles. The predicted octanol–water partition coefficient (Wildman–Crippen LogP) is 4.92. The van der Waals surface area contributed by atoms with E-state index in [2.05, 4.69) is 9.97 Å². The van der Waals surface area contributed by atoms with Crippen molar-refractivity contribution >= 4 is 71.4 Å². The molecule has 3 aromatic heterocycles. The quantitative estimate of drug-likeness (QED) is 0.382. The number of hydrogen-bond acceptors (Lipinski definition) is 9. The molecule has 0 fully saturated rings. The van der Waals surface area contributed by atoms with Gasteiger partial charge in [-0.15, -0.1) is 22.7 Å². The molecule has 0 aliphatic carbocycles. The van der Waals surface area contributed by atoms with Crippen LogP contribution in [0.2, 0.25) is 0 Å². The molecule has 0 unspecified atom stereocenters. The number of para-hydroxylation sites is 1. The van der Waals surface area contributed by atoms with E-state index in [-0.39, 0.29) is 12.5 Å². The third-order valence-electron chi connectivity index (χ3n) is 4.07. The maximum atomic E-state index is 12.4. The Morgan fingerprint density at radius 3 is 2.50 bits per heavy atom. The lowest BCUT2D eigenvalue weighted by Crippen LogP contribution is -2.22. The second-order valence-corrected chi connectivity index (χ2v) is 9.43. The van der Waals surface area contributed by atoms with Gasteiger partial charge < -0.3 is 9.64 Å². The summed E-state index contributed by atoms with van der Waals surface area (Å²) in [5, 5.41) is 3.23. The summed E-state index contributed by atoms with van der Waals surface area (Å²) in [6, 6.07) is 11.1. The van der Waals surface area contributed by atoms with Gasteiger partial charge in [0.1, 0.15) is 16.3 Å². The molecular weight excluding hydrogens is 440 g/mol. The normalized spacial score (nSPS) is 10.9. The molecular formula is C20H18N4O3S3. The zero-order valence-corrected chi connectivity index (χ0v) is 18.9. The summed E-state index contributed by atoms with van der Waals surface area (Å²) < 4.78 is 6.39. The number of thiazole rings is 2. The standard InChI is InChI=1S/C20H18N4O3S3/c1-12(25)24(14-7-5-4-6-8-14)20-21-13(11-28-20)10-27-18(26)16-9-15-17(29-16)22-19(30-15)23(2)3/h4-9,11H,10H2,1-3H3. The molecule has 0 saturated heterocycles. The number of nitrogens with zero attached hydrogens (tertiary/aromatic N) is 4. The van der Waals surface area contributed by atoms with Crippen LogP contribution in [0.3, 0.4) is 0 Å². The van der Waals surface area contributed by atoms with E-state index in [4.69, 9.17) is 4.74 Å². The maximum absolute atomic E-state index is 12.4. The molecule has 7 nitrogen and oxygen atoms in total.